The second kappa shape index (κ2) is 7.94. The minimum absolute atomic E-state index is 0.0331. The van der Waals surface area contributed by atoms with Gasteiger partial charge < -0.3 is 19.1 Å². The van der Waals surface area contributed by atoms with Gasteiger partial charge in [-0.25, -0.2) is 9.79 Å². The Bertz CT molecular complexity index is 732. The lowest BCUT2D eigenvalue weighted by Gasteiger charge is -2.04. The van der Waals surface area contributed by atoms with E-state index < -0.39 is 5.97 Å². The van der Waals surface area contributed by atoms with Crippen LogP contribution in [0.3, 0.4) is 0 Å². The number of carbonyl (C=O) groups excluding carboxylic acids is 1. The van der Waals surface area contributed by atoms with Crippen molar-refractivity contribution in [2.24, 2.45) is 4.99 Å². The molecule has 6 nitrogen and oxygen atoms in total. The zero-order valence-electron chi connectivity index (χ0n) is 13.4. The molecule has 23 heavy (non-hydrogen) atoms. The molecule has 0 unspecified atom stereocenters. The third kappa shape index (κ3) is 4.00. The van der Waals surface area contributed by atoms with Crippen LogP contribution in [-0.2, 0) is 11.3 Å². The molecule has 2 rings (SSSR count). The topological polar surface area (TPSA) is 73.0 Å². The van der Waals surface area contributed by atoms with E-state index in [4.69, 9.17) is 9.47 Å². The second-order valence-electron chi connectivity index (χ2n) is 4.70. The number of thiazole rings is 1. The molecule has 0 spiro atoms. The summed E-state index contributed by atoms with van der Waals surface area (Å²) in [6, 6.07) is 7.39. The van der Waals surface area contributed by atoms with Crippen molar-refractivity contribution >= 4 is 23.0 Å². The Morgan fingerprint density at radius 3 is 2.61 bits per heavy atom. The smallest absolute Gasteiger partial charge is 0.349 e. The highest BCUT2D eigenvalue weighted by Crippen LogP contribution is 2.19. The van der Waals surface area contributed by atoms with Crippen LogP contribution in [0.2, 0.25) is 0 Å². The molecule has 0 saturated heterocycles. The minimum atomic E-state index is -0.396. The zero-order chi connectivity index (χ0) is 16.8. The Morgan fingerprint density at radius 1 is 1.35 bits per heavy atom. The van der Waals surface area contributed by atoms with Crippen molar-refractivity contribution in [2.45, 2.75) is 20.4 Å². The number of aromatic nitrogens is 1. The van der Waals surface area contributed by atoms with Gasteiger partial charge in [-0.15, -0.1) is 0 Å². The predicted molar refractivity (Wildman–Crippen MR) is 88.3 cm³/mol. The number of hydrogen-bond acceptors (Lipinski definition) is 6. The molecule has 0 amide bonds. The fourth-order valence-electron chi connectivity index (χ4n) is 2.11. The van der Waals surface area contributed by atoms with Gasteiger partial charge in [-0.05, 0) is 38.1 Å². The molecular weight excluding hydrogens is 316 g/mol. The lowest BCUT2D eigenvalue weighted by Crippen LogP contribution is -2.18. The molecule has 1 aromatic carbocycles. The molecular formula is C16H20N2O4S. The number of methoxy groups -OCH3 is 1. The summed E-state index contributed by atoms with van der Waals surface area (Å²) in [6.45, 7) is 4.69. The number of nitrogens with zero attached hydrogens (tertiary/aromatic N) is 2. The summed E-state index contributed by atoms with van der Waals surface area (Å²) >= 11 is 1.25. The van der Waals surface area contributed by atoms with Crippen LogP contribution in [0.15, 0.2) is 29.3 Å². The normalized spacial score (nSPS) is 11.6. The van der Waals surface area contributed by atoms with Crippen LogP contribution in [0.25, 0.3) is 0 Å². The van der Waals surface area contributed by atoms with Gasteiger partial charge in [0.05, 0.1) is 26.0 Å². The maximum Gasteiger partial charge on any atom is 0.349 e. The predicted octanol–water partition coefficient (Wildman–Crippen LogP) is 2.27. The first-order valence-corrected chi connectivity index (χ1v) is 8.09. The van der Waals surface area contributed by atoms with Gasteiger partial charge in [-0.1, -0.05) is 11.3 Å². The highest BCUT2D eigenvalue weighted by Gasteiger charge is 2.16. The van der Waals surface area contributed by atoms with Crippen molar-refractivity contribution in [1.29, 1.82) is 0 Å². The molecule has 0 fully saturated rings. The maximum absolute atomic E-state index is 11.8. The number of carbonyl (C=O) groups is 1. The van der Waals surface area contributed by atoms with Crippen molar-refractivity contribution in [3.63, 3.8) is 0 Å². The van der Waals surface area contributed by atoms with E-state index in [0.717, 1.165) is 17.1 Å². The van der Waals surface area contributed by atoms with Crippen LogP contribution in [-0.4, -0.2) is 36.0 Å². The van der Waals surface area contributed by atoms with Gasteiger partial charge in [0.25, 0.3) is 0 Å². The number of benzene rings is 1. The maximum atomic E-state index is 11.8. The van der Waals surface area contributed by atoms with Gasteiger partial charge in [-0.2, -0.15) is 0 Å². The molecule has 0 saturated carbocycles. The van der Waals surface area contributed by atoms with Crippen LogP contribution < -0.4 is 9.54 Å². The van der Waals surface area contributed by atoms with Crippen LogP contribution in [0.5, 0.6) is 5.75 Å². The number of aliphatic hydroxyl groups is 1. The SMILES string of the molecule is CCOc1ccc(/N=c2/sc(C(=O)OC)c(C)n2CCO)cc1. The van der Waals surface area contributed by atoms with E-state index in [-0.39, 0.29) is 6.61 Å². The van der Waals surface area contributed by atoms with Crippen molar-refractivity contribution in [3.05, 3.63) is 39.6 Å². The molecule has 0 aliphatic rings. The Labute approximate surface area is 138 Å². The average Bonchev–Trinajstić information content (AvgIpc) is 2.86. The molecule has 1 heterocycles. The molecule has 7 heteroatoms. The van der Waals surface area contributed by atoms with Gasteiger partial charge >= 0.3 is 5.97 Å². The fraction of sp³-hybridized carbons (Fsp3) is 0.375. The zero-order valence-corrected chi connectivity index (χ0v) is 14.2. The highest BCUT2D eigenvalue weighted by atomic mass is 32.1. The standard InChI is InChI=1S/C16H20N2O4S/c1-4-22-13-7-5-12(6-8-13)17-16-18(9-10-19)11(2)14(23-16)15(20)21-3/h5-8,19H,4,9-10H2,1-3H3/b17-16+. The van der Waals surface area contributed by atoms with Crippen molar-refractivity contribution in [1.82, 2.24) is 4.57 Å². The number of hydrogen-bond donors (Lipinski definition) is 1. The van der Waals surface area contributed by atoms with Crippen LogP contribution in [0.1, 0.15) is 22.3 Å². The quantitative estimate of drug-likeness (QED) is 0.821. The van der Waals surface area contributed by atoms with Crippen molar-refractivity contribution < 1.29 is 19.4 Å². The summed E-state index contributed by atoms with van der Waals surface area (Å²) in [5, 5.41) is 9.24. The Hall–Kier alpha value is -2.12. The van der Waals surface area contributed by atoms with E-state index in [2.05, 4.69) is 4.99 Å². The molecule has 124 valence electrons. The summed E-state index contributed by atoms with van der Waals surface area (Å²) in [4.78, 5) is 17.5. The number of ether oxygens (including phenoxy) is 2. The van der Waals surface area contributed by atoms with Crippen LogP contribution >= 0.6 is 11.3 Å². The monoisotopic (exact) mass is 336 g/mol. The first-order valence-electron chi connectivity index (χ1n) is 7.27. The fourth-order valence-corrected chi connectivity index (χ4v) is 3.21. The minimum Gasteiger partial charge on any atom is -0.494 e. The van der Waals surface area contributed by atoms with Gasteiger partial charge in [0.1, 0.15) is 10.6 Å². The van der Waals surface area contributed by atoms with E-state index >= 15 is 0 Å². The summed E-state index contributed by atoms with van der Waals surface area (Å²) in [5.74, 6) is 0.389. The summed E-state index contributed by atoms with van der Waals surface area (Å²) in [6.07, 6.45) is 0. The average molecular weight is 336 g/mol. The molecule has 0 aliphatic heterocycles. The summed E-state index contributed by atoms with van der Waals surface area (Å²) < 4.78 is 12.0. The Balaban J connectivity index is 2.45. The summed E-state index contributed by atoms with van der Waals surface area (Å²) in [5.41, 5.74) is 1.48. The molecule has 0 atom stereocenters. The number of aliphatic hydroxyl groups excluding tert-OH is 1. The molecule has 1 N–H and O–H groups in total. The van der Waals surface area contributed by atoms with Crippen molar-refractivity contribution in [3.8, 4) is 5.75 Å². The highest BCUT2D eigenvalue weighted by molar-refractivity contribution is 7.11. The van der Waals surface area contributed by atoms with E-state index in [1.807, 2.05) is 42.7 Å². The van der Waals surface area contributed by atoms with Crippen LogP contribution in [0.4, 0.5) is 5.69 Å². The third-order valence-corrected chi connectivity index (χ3v) is 4.39. The molecule has 0 aliphatic carbocycles. The first kappa shape index (κ1) is 17.2. The van der Waals surface area contributed by atoms with Gasteiger partial charge in [0.15, 0.2) is 4.80 Å². The van der Waals surface area contributed by atoms with Crippen molar-refractivity contribution in [2.75, 3.05) is 20.3 Å². The number of rotatable bonds is 6. The molecule has 2 aromatic rings. The Morgan fingerprint density at radius 2 is 2.04 bits per heavy atom. The van der Waals surface area contributed by atoms with Crippen LogP contribution in [0, 0.1) is 6.92 Å². The number of esters is 1. The second-order valence-corrected chi connectivity index (χ2v) is 5.68. The summed E-state index contributed by atoms with van der Waals surface area (Å²) in [7, 11) is 1.35. The van der Waals surface area contributed by atoms with E-state index in [9.17, 15) is 9.90 Å². The molecule has 1 aromatic heterocycles. The molecule has 0 radical (unpaired) electrons. The lowest BCUT2D eigenvalue weighted by molar-refractivity contribution is 0.0604. The largest absolute Gasteiger partial charge is 0.494 e. The van der Waals surface area contributed by atoms with Gasteiger partial charge in [0, 0.05) is 12.2 Å². The van der Waals surface area contributed by atoms with Gasteiger partial charge in [-0.3, -0.25) is 0 Å². The third-order valence-electron chi connectivity index (χ3n) is 3.22. The van der Waals surface area contributed by atoms with E-state index in [0.29, 0.717) is 22.8 Å². The lowest BCUT2D eigenvalue weighted by atomic mass is 10.3. The van der Waals surface area contributed by atoms with E-state index in [1.165, 1.54) is 18.4 Å². The van der Waals surface area contributed by atoms with Gasteiger partial charge in [0.2, 0.25) is 0 Å². The molecule has 0 bridgehead atoms. The Kier molecular flexibility index (Phi) is 5.95. The first-order chi connectivity index (χ1) is 11.1. The van der Waals surface area contributed by atoms with E-state index in [1.54, 1.807) is 0 Å².